The lowest BCUT2D eigenvalue weighted by molar-refractivity contribution is 0.394. The first kappa shape index (κ1) is 22.1. The van der Waals surface area contributed by atoms with Gasteiger partial charge in [0.25, 0.3) is 0 Å². The van der Waals surface area contributed by atoms with Gasteiger partial charge in [0.05, 0.1) is 23.8 Å². The largest absolute Gasteiger partial charge is 0.472 e. The van der Waals surface area contributed by atoms with Crippen LogP contribution in [-0.4, -0.2) is 24.1 Å². The van der Waals surface area contributed by atoms with E-state index in [1.165, 1.54) is 11.1 Å². The van der Waals surface area contributed by atoms with Crippen LogP contribution in [0.3, 0.4) is 0 Å². The number of aromatic nitrogens is 1. The van der Waals surface area contributed by atoms with Crippen LogP contribution in [0.4, 0.5) is 5.82 Å². The van der Waals surface area contributed by atoms with Gasteiger partial charge in [-0.2, -0.15) is 5.26 Å². The molecule has 5 nitrogen and oxygen atoms in total. The highest BCUT2D eigenvalue weighted by Crippen LogP contribution is 2.34. The number of hydrogen-bond acceptors (Lipinski definition) is 5. The first-order chi connectivity index (χ1) is 15.5. The predicted octanol–water partition coefficient (Wildman–Crippen LogP) is 5.96. The van der Waals surface area contributed by atoms with Gasteiger partial charge in [0.1, 0.15) is 11.9 Å². The number of pyridine rings is 1. The Labute approximate surface area is 191 Å². The van der Waals surface area contributed by atoms with Gasteiger partial charge in [0.2, 0.25) is 0 Å². The number of furan rings is 1. The van der Waals surface area contributed by atoms with Gasteiger partial charge in [-0.05, 0) is 50.3 Å². The molecule has 1 aromatic carbocycles. The van der Waals surface area contributed by atoms with Crippen molar-refractivity contribution in [2.45, 2.75) is 58.5 Å². The average Bonchev–Trinajstić information content (AvgIpc) is 3.30. The zero-order valence-corrected chi connectivity index (χ0v) is 19.4. The van der Waals surface area contributed by atoms with E-state index in [4.69, 9.17) is 9.40 Å². The van der Waals surface area contributed by atoms with Gasteiger partial charge < -0.3 is 14.6 Å². The fourth-order valence-corrected chi connectivity index (χ4v) is 4.64. The summed E-state index contributed by atoms with van der Waals surface area (Å²) in [4.78, 5) is 7.39. The summed E-state index contributed by atoms with van der Waals surface area (Å²) in [7, 11) is 0. The Morgan fingerprint density at radius 2 is 2.09 bits per heavy atom. The quantitative estimate of drug-likeness (QED) is 0.555. The first-order valence-electron chi connectivity index (χ1n) is 11.5. The summed E-state index contributed by atoms with van der Waals surface area (Å²) in [6.07, 6.45) is 5.59. The van der Waals surface area contributed by atoms with Gasteiger partial charge in [0, 0.05) is 36.3 Å². The lowest BCUT2D eigenvalue weighted by Crippen LogP contribution is -2.44. The smallest absolute Gasteiger partial charge is 0.146 e. The normalized spacial score (nSPS) is 19.4. The lowest BCUT2D eigenvalue weighted by Gasteiger charge is -2.34. The van der Waals surface area contributed by atoms with E-state index in [0.717, 1.165) is 48.6 Å². The molecular formula is C27H32N4O. The fourth-order valence-electron chi connectivity index (χ4n) is 4.64. The van der Waals surface area contributed by atoms with E-state index >= 15 is 0 Å². The van der Waals surface area contributed by atoms with Crippen molar-refractivity contribution >= 4 is 5.82 Å². The Kier molecular flexibility index (Phi) is 6.62. The van der Waals surface area contributed by atoms with Crippen molar-refractivity contribution in [3.63, 3.8) is 0 Å². The highest BCUT2D eigenvalue weighted by atomic mass is 16.3. The lowest BCUT2D eigenvalue weighted by atomic mass is 9.94. The van der Waals surface area contributed by atoms with Crippen molar-refractivity contribution in [3.05, 3.63) is 71.3 Å². The van der Waals surface area contributed by atoms with E-state index in [9.17, 15) is 5.26 Å². The standard InChI is InChI=1S/C27H32N4O/c1-18(2)26-24(21-8-5-7-19(3)13-21)14-23(15-28)27(30-26)31-11-6-9-25(29-20(4)16-31)22-10-12-32-17-22/h5,7-8,10,12-14,17-18,20,25,29H,6,9,11,16H2,1-4H3. The Balaban J connectivity index is 1.67. The SMILES string of the molecule is Cc1cccc(-c2cc(C#N)c(N3CCCC(c4ccoc4)NC(C)C3)nc2C(C)C)c1. The molecule has 32 heavy (non-hydrogen) atoms. The number of anilines is 1. The third-order valence-corrected chi connectivity index (χ3v) is 6.17. The summed E-state index contributed by atoms with van der Waals surface area (Å²) in [5.74, 6) is 1.07. The molecule has 2 aromatic heterocycles. The third-order valence-electron chi connectivity index (χ3n) is 6.17. The molecule has 166 valence electrons. The summed E-state index contributed by atoms with van der Waals surface area (Å²) in [5.41, 5.74) is 6.27. The van der Waals surface area contributed by atoms with Crippen molar-refractivity contribution in [1.82, 2.24) is 10.3 Å². The molecule has 2 atom stereocenters. The second-order valence-corrected chi connectivity index (χ2v) is 9.19. The second kappa shape index (κ2) is 9.58. The van der Waals surface area contributed by atoms with Gasteiger partial charge >= 0.3 is 0 Å². The molecule has 0 bridgehead atoms. The van der Waals surface area contributed by atoms with Crippen molar-refractivity contribution < 1.29 is 4.42 Å². The monoisotopic (exact) mass is 428 g/mol. The molecule has 4 rings (SSSR count). The van der Waals surface area contributed by atoms with Crippen molar-refractivity contribution in [3.8, 4) is 17.2 Å². The summed E-state index contributed by atoms with van der Waals surface area (Å²) in [5, 5.41) is 13.7. The van der Waals surface area contributed by atoms with Crippen LogP contribution in [0.15, 0.2) is 53.3 Å². The Bertz CT molecular complexity index is 1100. The summed E-state index contributed by atoms with van der Waals surface area (Å²) < 4.78 is 5.29. The molecule has 1 fully saturated rings. The summed E-state index contributed by atoms with van der Waals surface area (Å²) in [6.45, 7) is 10.3. The van der Waals surface area contributed by atoms with Crippen molar-refractivity contribution in [2.24, 2.45) is 0 Å². The first-order valence-corrected chi connectivity index (χ1v) is 11.5. The van der Waals surface area contributed by atoms with E-state index in [1.54, 1.807) is 6.26 Å². The maximum atomic E-state index is 10.0. The van der Waals surface area contributed by atoms with Crippen LogP contribution in [0.5, 0.6) is 0 Å². The molecule has 0 spiro atoms. The minimum absolute atomic E-state index is 0.252. The van der Waals surface area contributed by atoms with Crippen LogP contribution < -0.4 is 10.2 Å². The topological polar surface area (TPSA) is 65.1 Å². The molecule has 5 heteroatoms. The molecule has 1 aliphatic rings. The molecule has 3 heterocycles. The molecular weight excluding hydrogens is 396 g/mol. The van der Waals surface area contributed by atoms with Gasteiger partial charge in [-0.15, -0.1) is 0 Å². The van der Waals surface area contributed by atoms with Crippen LogP contribution in [0.2, 0.25) is 0 Å². The van der Waals surface area contributed by atoms with Crippen LogP contribution in [0, 0.1) is 18.3 Å². The highest BCUT2D eigenvalue weighted by molar-refractivity contribution is 5.72. The van der Waals surface area contributed by atoms with Crippen LogP contribution in [0.25, 0.3) is 11.1 Å². The highest BCUT2D eigenvalue weighted by Gasteiger charge is 2.25. The second-order valence-electron chi connectivity index (χ2n) is 9.19. The van der Waals surface area contributed by atoms with E-state index in [-0.39, 0.29) is 12.0 Å². The number of nitrogens with zero attached hydrogens (tertiary/aromatic N) is 3. The minimum atomic E-state index is 0.252. The Hall–Kier alpha value is -3.10. The number of hydrogen-bond donors (Lipinski definition) is 1. The number of nitrogens with one attached hydrogen (secondary N) is 1. The van der Waals surface area contributed by atoms with E-state index in [2.05, 4.69) is 68.2 Å². The van der Waals surface area contributed by atoms with Crippen molar-refractivity contribution in [2.75, 3.05) is 18.0 Å². The van der Waals surface area contributed by atoms with Gasteiger partial charge in [0.15, 0.2) is 0 Å². The van der Waals surface area contributed by atoms with Crippen LogP contribution in [0.1, 0.15) is 68.0 Å². The third kappa shape index (κ3) is 4.71. The van der Waals surface area contributed by atoms with Gasteiger partial charge in [-0.3, -0.25) is 0 Å². The van der Waals surface area contributed by atoms with E-state index in [1.807, 2.05) is 18.4 Å². The molecule has 0 amide bonds. The molecule has 2 unspecified atom stereocenters. The average molecular weight is 429 g/mol. The van der Waals surface area contributed by atoms with Gasteiger partial charge in [-0.25, -0.2) is 4.98 Å². The predicted molar refractivity (Wildman–Crippen MR) is 129 cm³/mol. The molecule has 0 radical (unpaired) electrons. The fraction of sp³-hybridized carbons (Fsp3) is 0.407. The number of nitriles is 1. The molecule has 1 N–H and O–H groups in total. The summed E-state index contributed by atoms with van der Waals surface area (Å²) in [6, 6.07) is 15.5. The number of aryl methyl sites for hydroxylation is 1. The molecule has 0 aliphatic carbocycles. The Morgan fingerprint density at radius 3 is 2.78 bits per heavy atom. The maximum Gasteiger partial charge on any atom is 0.146 e. The maximum absolute atomic E-state index is 10.0. The molecule has 0 saturated carbocycles. The van der Waals surface area contributed by atoms with Crippen LogP contribution in [-0.2, 0) is 0 Å². The van der Waals surface area contributed by atoms with Crippen molar-refractivity contribution in [1.29, 1.82) is 5.26 Å². The molecule has 1 aliphatic heterocycles. The number of benzene rings is 1. The van der Waals surface area contributed by atoms with Crippen LogP contribution >= 0.6 is 0 Å². The molecule has 1 saturated heterocycles. The van der Waals surface area contributed by atoms with E-state index in [0.29, 0.717) is 11.6 Å². The van der Waals surface area contributed by atoms with Gasteiger partial charge in [-0.1, -0.05) is 43.7 Å². The number of rotatable bonds is 4. The summed E-state index contributed by atoms with van der Waals surface area (Å²) >= 11 is 0. The minimum Gasteiger partial charge on any atom is -0.472 e. The zero-order chi connectivity index (χ0) is 22.7. The zero-order valence-electron chi connectivity index (χ0n) is 19.4. The molecule has 3 aromatic rings. The Morgan fingerprint density at radius 1 is 1.25 bits per heavy atom. The van der Waals surface area contributed by atoms with E-state index < -0.39 is 0 Å².